The van der Waals surface area contributed by atoms with Gasteiger partial charge in [0, 0.05) is 23.8 Å². The molecule has 1 fully saturated rings. The zero-order valence-corrected chi connectivity index (χ0v) is 11.0. The van der Waals surface area contributed by atoms with E-state index in [1.54, 1.807) is 0 Å². The highest BCUT2D eigenvalue weighted by molar-refractivity contribution is 5.58. The molecule has 0 unspecified atom stereocenters. The molecule has 19 heavy (non-hydrogen) atoms. The van der Waals surface area contributed by atoms with Crippen LogP contribution in [-0.2, 0) is 11.8 Å². The Kier molecular flexibility index (Phi) is 3.37. The van der Waals surface area contributed by atoms with Gasteiger partial charge in [-0.25, -0.2) is 4.98 Å². The maximum absolute atomic E-state index is 5.36. The average Bonchev–Trinajstić information content (AvgIpc) is 2.48. The fraction of sp³-hybridized carbons (Fsp3) is 0.357. The van der Waals surface area contributed by atoms with Crippen LogP contribution in [0.5, 0.6) is 0 Å². The molecule has 5 heteroatoms. The molecule has 2 heterocycles. The summed E-state index contributed by atoms with van der Waals surface area (Å²) >= 11 is 0. The zero-order valence-electron chi connectivity index (χ0n) is 11.0. The lowest BCUT2D eigenvalue weighted by molar-refractivity contribution is -0.729. The minimum absolute atomic E-state index is 0.739. The fourth-order valence-electron chi connectivity index (χ4n) is 2.15. The van der Waals surface area contributed by atoms with Crippen LogP contribution in [0.2, 0.25) is 0 Å². The number of hydrogen-bond donors (Lipinski definition) is 0. The predicted molar refractivity (Wildman–Crippen MR) is 71.7 cm³/mol. The first-order valence-corrected chi connectivity index (χ1v) is 6.46. The van der Waals surface area contributed by atoms with Crippen molar-refractivity contribution in [2.45, 2.75) is 0 Å². The zero-order chi connectivity index (χ0) is 13.1. The van der Waals surface area contributed by atoms with Gasteiger partial charge < -0.3 is 9.64 Å². The second-order valence-electron chi connectivity index (χ2n) is 4.57. The van der Waals surface area contributed by atoms with Crippen molar-refractivity contribution in [2.24, 2.45) is 7.05 Å². The summed E-state index contributed by atoms with van der Waals surface area (Å²) in [4.78, 5) is 6.83. The Labute approximate surface area is 112 Å². The number of aryl methyl sites for hydroxylation is 1. The molecule has 1 aromatic carbocycles. The summed E-state index contributed by atoms with van der Waals surface area (Å²) in [7, 11) is 1.93. The molecule has 0 bridgehead atoms. The van der Waals surface area contributed by atoms with Crippen LogP contribution < -0.4 is 9.58 Å². The molecule has 1 saturated heterocycles. The molecule has 0 saturated carbocycles. The summed E-state index contributed by atoms with van der Waals surface area (Å²) in [5, 5.41) is 4.46. The lowest BCUT2D eigenvalue weighted by Gasteiger charge is -2.25. The second kappa shape index (κ2) is 5.32. The van der Waals surface area contributed by atoms with Crippen LogP contribution in [0.1, 0.15) is 0 Å². The summed E-state index contributed by atoms with van der Waals surface area (Å²) in [6, 6.07) is 10.2. The Morgan fingerprint density at radius 3 is 2.63 bits per heavy atom. The molecule has 0 spiro atoms. The largest absolute Gasteiger partial charge is 0.378 e. The Hall–Kier alpha value is -2.01. The normalized spacial score (nSPS) is 15.5. The molecular formula is C14H17N4O+. The first-order valence-electron chi connectivity index (χ1n) is 6.46. The van der Waals surface area contributed by atoms with Gasteiger partial charge in [-0.15, -0.1) is 0 Å². The molecule has 5 nitrogen and oxygen atoms in total. The van der Waals surface area contributed by atoms with Gasteiger partial charge in [0.15, 0.2) is 7.05 Å². The van der Waals surface area contributed by atoms with Crippen LogP contribution in [-0.4, -0.2) is 36.4 Å². The van der Waals surface area contributed by atoms with Gasteiger partial charge in [-0.3, -0.25) is 0 Å². The number of nitrogens with zero attached hydrogens (tertiary/aromatic N) is 4. The van der Waals surface area contributed by atoms with Crippen molar-refractivity contribution in [1.82, 2.24) is 10.1 Å². The molecular weight excluding hydrogens is 240 g/mol. The quantitative estimate of drug-likeness (QED) is 0.747. The monoisotopic (exact) mass is 257 g/mol. The van der Waals surface area contributed by atoms with E-state index >= 15 is 0 Å². The third-order valence-corrected chi connectivity index (χ3v) is 3.14. The van der Waals surface area contributed by atoms with E-state index in [2.05, 4.69) is 27.1 Å². The number of hydrogen-bond acceptors (Lipinski definition) is 4. The highest BCUT2D eigenvalue weighted by Crippen LogP contribution is 2.17. The average molecular weight is 257 g/mol. The Morgan fingerprint density at radius 1 is 1.16 bits per heavy atom. The first-order chi connectivity index (χ1) is 9.33. The number of benzene rings is 1. The van der Waals surface area contributed by atoms with Gasteiger partial charge >= 0.3 is 0 Å². The summed E-state index contributed by atoms with van der Waals surface area (Å²) in [5.74, 6) is 0.771. The number of anilines is 1. The van der Waals surface area contributed by atoms with Gasteiger partial charge in [0.25, 0.3) is 5.95 Å². The van der Waals surface area contributed by atoms with Crippen molar-refractivity contribution in [1.29, 1.82) is 0 Å². The number of ether oxygens (including phenoxy) is 1. The molecule has 0 N–H and O–H groups in total. The van der Waals surface area contributed by atoms with Gasteiger partial charge in [0.1, 0.15) is 5.69 Å². The standard InChI is InChI=1S/C14H17N4O/c1-17-11-13(12-5-3-2-4-6-12)15-14(16-17)18-7-9-19-10-8-18/h2-6,11H,7-10H2,1H3/q+1. The van der Waals surface area contributed by atoms with Gasteiger partial charge in [0.05, 0.1) is 13.2 Å². The molecule has 0 aliphatic carbocycles. The smallest absolute Gasteiger partial charge is 0.291 e. The van der Waals surface area contributed by atoms with Crippen molar-refractivity contribution in [3.63, 3.8) is 0 Å². The van der Waals surface area contributed by atoms with E-state index in [9.17, 15) is 0 Å². The summed E-state index contributed by atoms with van der Waals surface area (Å²) < 4.78 is 7.18. The highest BCUT2D eigenvalue weighted by atomic mass is 16.5. The maximum Gasteiger partial charge on any atom is 0.291 e. The summed E-state index contributed by atoms with van der Waals surface area (Å²) in [6.07, 6.45) is 1.94. The number of morpholine rings is 1. The van der Waals surface area contributed by atoms with Crippen LogP contribution in [0.3, 0.4) is 0 Å². The van der Waals surface area contributed by atoms with Crippen molar-refractivity contribution < 1.29 is 9.42 Å². The second-order valence-corrected chi connectivity index (χ2v) is 4.57. The van der Waals surface area contributed by atoms with E-state index in [0.29, 0.717) is 0 Å². The van der Waals surface area contributed by atoms with Crippen molar-refractivity contribution in [3.05, 3.63) is 36.5 Å². The number of rotatable bonds is 2. The minimum Gasteiger partial charge on any atom is -0.378 e. The Balaban J connectivity index is 1.96. The summed E-state index contributed by atoms with van der Waals surface area (Å²) in [5.41, 5.74) is 2.05. The van der Waals surface area contributed by atoms with E-state index < -0.39 is 0 Å². The lowest BCUT2D eigenvalue weighted by atomic mass is 10.2. The number of aromatic nitrogens is 3. The van der Waals surface area contributed by atoms with E-state index in [1.165, 1.54) is 0 Å². The molecule has 1 aliphatic rings. The van der Waals surface area contributed by atoms with Gasteiger partial charge in [-0.05, 0) is 0 Å². The molecule has 2 aromatic rings. The SMILES string of the molecule is C[n+]1cc(-c2ccccc2)nc(N2CCOCC2)n1. The minimum atomic E-state index is 0.739. The van der Waals surface area contributed by atoms with Gasteiger partial charge in [-0.1, -0.05) is 35.0 Å². The van der Waals surface area contributed by atoms with Gasteiger partial charge in [-0.2, -0.15) is 0 Å². The van der Waals surface area contributed by atoms with E-state index in [-0.39, 0.29) is 0 Å². The van der Waals surface area contributed by atoms with E-state index in [4.69, 9.17) is 4.74 Å². The topological polar surface area (TPSA) is 42.1 Å². The van der Waals surface area contributed by atoms with Crippen molar-refractivity contribution in [3.8, 4) is 11.3 Å². The van der Waals surface area contributed by atoms with Crippen LogP contribution >= 0.6 is 0 Å². The molecule has 0 atom stereocenters. The fourth-order valence-corrected chi connectivity index (χ4v) is 2.15. The van der Waals surface area contributed by atoms with Crippen molar-refractivity contribution >= 4 is 5.95 Å². The molecule has 3 rings (SSSR count). The van der Waals surface area contributed by atoms with Crippen molar-refractivity contribution in [2.75, 3.05) is 31.2 Å². The Morgan fingerprint density at radius 2 is 1.89 bits per heavy atom. The molecule has 1 aromatic heterocycles. The van der Waals surface area contributed by atoms with Crippen LogP contribution in [0.25, 0.3) is 11.3 Å². The highest BCUT2D eigenvalue weighted by Gasteiger charge is 2.18. The van der Waals surface area contributed by atoms with E-state index in [0.717, 1.165) is 43.5 Å². The Bertz CT molecular complexity index is 553. The van der Waals surface area contributed by atoms with Crippen LogP contribution in [0.4, 0.5) is 5.95 Å². The molecule has 98 valence electrons. The summed E-state index contributed by atoms with van der Waals surface area (Å²) in [6.45, 7) is 3.17. The molecule has 0 radical (unpaired) electrons. The van der Waals surface area contributed by atoms with Crippen LogP contribution in [0, 0.1) is 0 Å². The van der Waals surface area contributed by atoms with E-state index in [1.807, 2.05) is 36.1 Å². The van der Waals surface area contributed by atoms with Crippen LogP contribution in [0.15, 0.2) is 36.5 Å². The molecule has 0 amide bonds. The lowest BCUT2D eigenvalue weighted by Crippen LogP contribution is -2.42. The predicted octanol–water partition coefficient (Wildman–Crippen LogP) is 0.805. The third kappa shape index (κ3) is 2.71. The molecule has 1 aliphatic heterocycles. The van der Waals surface area contributed by atoms with Gasteiger partial charge in [0.2, 0.25) is 6.20 Å². The first kappa shape index (κ1) is 12.0. The maximum atomic E-state index is 5.36. The third-order valence-electron chi connectivity index (χ3n) is 3.14.